The van der Waals surface area contributed by atoms with Gasteiger partial charge in [-0.05, 0) is 36.8 Å². The van der Waals surface area contributed by atoms with Gasteiger partial charge in [0.05, 0.1) is 25.3 Å². The summed E-state index contributed by atoms with van der Waals surface area (Å²) in [5.74, 6) is -3.96. The van der Waals surface area contributed by atoms with Gasteiger partial charge in [0, 0.05) is 17.7 Å². The molecule has 3 rings (SSSR count). The van der Waals surface area contributed by atoms with Crippen LogP contribution in [-0.4, -0.2) is 30.5 Å². The van der Waals surface area contributed by atoms with Crippen molar-refractivity contribution in [3.63, 3.8) is 0 Å². The van der Waals surface area contributed by atoms with Crippen LogP contribution in [0.15, 0.2) is 47.7 Å². The first-order valence-electron chi connectivity index (χ1n) is 9.77. The van der Waals surface area contributed by atoms with Crippen LogP contribution in [0.4, 0.5) is 14.5 Å². The van der Waals surface area contributed by atoms with E-state index in [4.69, 9.17) is 9.47 Å². The van der Waals surface area contributed by atoms with Crippen molar-refractivity contribution < 1.29 is 33.0 Å². The summed E-state index contributed by atoms with van der Waals surface area (Å²) in [4.78, 5) is 27.0. The van der Waals surface area contributed by atoms with Crippen LogP contribution in [0.25, 0.3) is 0 Å². The van der Waals surface area contributed by atoms with Crippen molar-refractivity contribution in [3.05, 3.63) is 64.9 Å². The average Bonchev–Trinajstić information content (AvgIpc) is 3.00. The number of halogens is 2. The standard InChI is InChI=1S/C23H23F2NO5/c1-5-31-18-10-13(6-9-17(18)30-4)20-19(21(27)12(2)3)22(28)23(29)26(20)14-7-8-15(24)16(25)11-14/h6-12,20,28H,5H2,1-4H3. The lowest BCUT2D eigenvalue weighted by Gasteiger charge is -2.28. The molecule has 0 fully saturated rings. The first-order valence-corrected chi connectivity index (χ1v) is 9.77. The zero-order valence-corrected chi connectivity index (χ0v) is 17.6. The smallest absolute Gasteiger partial charge is 0.294 e. The molecule has 2 aromatic carbocycles. The molecule has 1 unspecified atom stereocenters. The van der Waals surface area contributed by atoms with E-state index in [0.717, 1.165) is 17.0 Å². The van der Waals surface area contributed by atoms with Crippen LogP contribution in [0, 0.1) is 17.6 Å². The van der Waals surface area contributed by atoms with E-state index in [9.17, 15) is 23.5 Å². The number of ether oxygens (including phenoxy) is 2. The Morgan fingerprint density at radius 3 is 2.42 bits per heavy atom. The fourth-order valence-corrected chi connectivity index (χ4v) is 3.52. The van der Waals surface area contributed by atoms with Crippen LogP contribution in [-0.2, 0) is 9.59 Å². The van der Waals surface area contributed by atoms with Gasteiger partial charge >= 0.3 is 0 Å². The highest BCUT2D eigenvalue weighted by atomic mass is 19.2. The lowest BCUT2D eigenvalue weighted by Crippen LogP contribution is -2.31. The van der Waals surface area contributed by atoms with Crippen molar-refractivity contribution in [2.24, 2.45) is 5.92 Å². The molecule has 1 aliphatic heterocycles. The van der Waals surface area contributed by atoms with Gasteiger partial charge in [0.15, 0.2) is 34.7 Å². The third-order valence-electron chi connectivity index (χ3n) is 4.98. The summed E-state index contributed by atoms with van der Waals surface area (Å²) in [6.07, 6.45) is 0. The van der Waals surface area contributed by atoms with Crippen LogP contribution in [0.1, 0.15) is 32.4 Å². The fourth-order valence-electron chi connectivity index (χ4n) is 3.52. The number of amides is 1. The highest BCUT2D eigenvalue weighted by Gasteiger charge is 2.45. The Hall–Kier alpha value is -3.42. The quantitative estimate of drug-likeness (QED) is 0.699. The van der Waals surface area contributed by atoms with E-state index >= 15 is 0 Å². The Kier molecular flexibility index (Phi) is 6.29. The normalized spacial score (nSPS) is 16.3. The number of hydrogen-bond acceptors (Lipinski definition) is 5. The number of benzene rings is 2. The topological polar surface area (TPSA) is 76.1 Å². The summed E-state index contributed by atoms with van der Waals surface area (Å²) >= 11 is 0. The molecule has 2 aromatic rings. The summed E-state index contributed by atoms with van der Waals surface area (Å²) in [7, 11) is 1.48. The predicted octanol–water partition coefficient (Wildman–Crippen LogP) is 4.50. The van der Waals surface area contributed by atoms with Crippen LogP contribution in [0.5, 0.6) is 11.5 Å². The van der Waals surface area contributed by atoms with Crippen molar-refractivity contribution in [3.8, 4) is 11.5 Å². The third kappa shape index (κ3) is 3.97. The van der Waals surface area contributed by atoms with E-state index in [1.54, 1.807) is 39.0 Å². The van der Waals surface area contributed by atoms with E-state index in [2.05, 4.69) is 0 Å². The number of hydrogen-bond donors (Lipinski definition) is 1. The molecule has 164 valence electrons. The molecule has 6 nitrogen and oxygen atoms in total. The highest BCUT2D eigenvalue weighted by Crippen LogP contribution is 2.44. The van der Waals surface area contributed by atoms with Crippen LogP contribution in [0.2, 0.25) is 0 Å². The number of nitrogens with zero attached hydrogens (tertiary/aromatic N) is 1. The molecule has 0 spiro atoms. The van der Waals surface area contributed by atoms with E-state index < -0.39 is 41.0 Å². The molecule has 0 saturated carbocycles. The Morgan fingerprint density at radius 1 is 1.13 bits per heavy atom. The molecule has 1 heterocycles. The zero-order chi connectivity index (χ0) is 22.9. The molecule has 0 saturated heterocycles. The molecule has 1 N–H and O–H groups in total. The maximum absolute atomic E-state index is 13.9. The molecular formula is C23H23F2NO5. The first kappa shape index (κ1) is 22.3. The molecule has 0 bridgehead atoms. The molecular weight excluding hydrogens is 408 g/mol. The molecule has 0 aliphatic carbocycles. The minimum Gasteiger partial charge on any atom is -0.503 e. The van der Waals surface area contributed by atoms with Crippen LogP contribution >= 0.6 is 0 Å². The summed E-state index contributed by atoms with van der Waals surface area (Å²) in [5.41, 5.74) is 0.327. The number of rotatable bonds is 7. The van der Waals surface area contributed by atoms with Gasteiger partial charge in [-0.15, -0.1) is 0 Å². The van der Waals surface area contributed by atoms with Crippen LogP contribution in [0.3, 0.4) is 0 Å². The van der Waals surface area contributed by atoms with E-state index in [1.807, 2.05) is 0 Å². The largest absolute Gasteiger partial charge is 0.503 e. The molecule has 0 aromatic heterocycles. The molecule has 31 heavy (non-hydrogen) atoms. The van der Waals surface area contributed by atoms with Gasteiger partial charge in [0.2, 0.25) is 0 Å². The molecule has 1 atom stereocenters. The number of ketones is 1. The summed E-state index contributed by atoms with van der Waals surface area (Å²) in [6.45, 7) is 5.42. The van der Waals surface area contributed by atoms with Gasteiger partial charge in [-0.2, -0.15) is 0 Å². The fraction of sp³-hybridized carbons (Fsp3) is 0.304. The second-order valence-electron chi connectivity index (χ2n) is 7.30. The SMILES string of the molecule is CCOc1cc(C2C(C(=O)C(C)C)=C(O)C(=O)N2c2ccc(F)c(F)c2)ccc1OC. The monoisotopic (exact) mass is 431 g/mol. The second-order valence-corrected chi connectivity index (χ2v) is 7.30. The van der Waals surface area contributed by atoms with Gasteiger partial charge in [-0.1, -0.05) is 19.9 Å². The first-order chi connectivity index (χ1) is 14.7. The van der Waals surface area contributed by atoms with Gasteiger partial charge in [-0.25, -0.2) is 8.78 Å². The number of aliphatic hydroxyl groups is 1. The van der Waals surface area contributed by atoms with Gasteiger partial charge in [-0.3, -0.25) is 14.5 Å². The van der Waals surface area contributed by atoms with Crippen molar-refractivity contribution in [2.45, 2.75) is 26.8 Å². The third-order valence-corrected chi connectivity index (χ3v) is 4.98. The summed E-state index contributed by atoms with van der Waals surface area (Å²) in [6, 6.07) is 6.72. The predicted molar refractivity (Wildman–Crippen MR) is 110 cm³/mol. The minimum atomic E-state index is -1.16. The van der Waals surface area contributed by atoms with E-state index in [1.165, 1.54) is 13.2 Å². The van der Waals surface area contributed by atoms with Gasteiger partial charge in [0.1, 0.15) is 0 Å². The number of anilines is 1. The molecule has 8 heteroatoms. The van der Waals surface area contributed by atoms with E-state index in [-0.39, 0.29) is 11.3 Å². The summed E-state index contributed by atoms with van der Waals surface area (Å²) in [5, 5.41) is 10.6. The molecule has 1 amide bonds. The number of carbonyl (C=O) groups is 2. The van der Waals surface area contributed by atoms with Gasteiger partial charge in [0.25, 0.3) is 5.91 Å². The van der Waals surface area contributed by atoms with Crippen LogP contribution < -0.4 is 14.4 Å². The second kappa shape index (κ2) is 8.75. The Balaban J connectivity index is 2.22. The van der Waals surface area contributed by atoms with Crippen molar-refractivity contribution in [1.29, 1.82) is 0 Å². The Labute approximate surface area is 178 Å². The summed E-state index contributed by atoms with van der Waals surface area (Å²) < 4.78 is 38.3. The average molecular weight is 431 g/mol. The number of methoxy groups -OCH3 is 1. The highest BCUT2D eigenvalue weighted by molar-refractivity contribution is 6.16. The lowest BCUT2D eigenvalue weighted by molar-refractivity contribution is -0.119. The maximum atomic E-state index is 13.9. The van der Waals surface area contributed by atoms with Gasteiger partial charge < -0.3 is 14.6 Å². The Bertz CT molecular complexity index is 1060. The molecule has 0 radical (unpaired) electrons. The zero-order valence-electron chi connectivity index (χ0n) is 17.6. The number of Topliss-reactive ketones (excluding diaryl/α,β-unsaturated/α-hetero) is 1. The number of aliphatic hydroxyl groups excluding tert-OH is 1. The Morgan fingerprint density at radius 2 is 1.84 bits per heavy atom. The van der Waals surface area contributed by atoms with Crippen molar-refractivity contribution in [2.75, 3.05) is 18.6 Å². The lowest BCUT2D eigenvalue weighted by atomic mass is 9.91. The molecule has 1 aliphatic rings. The number of carbonyl (C=O) groups excluding carboxylic acids is 2. The minimum absolute atomic E-state index is 0.000726. The van der Waals surface area contributed by atoms with Crippen molar-refractivity contribution in [1.82, 2.24) is 0 Å². The maximum Gasteiger partial charge on any atom is 0.294 e. The van der Waals surface area contributed by atoms with Crippen molar-refractivity contribution >= 4 is 17.4 Å². The van der Waals surface area contributed by atoms with E-state index in [0.29, 0.717) is 23.7 Å².